The third-order valence-electron chi connectivity index (χ3n) is 6.98. The number of benzene rings is 1. The Morgan fingerprint density at radius 1 is 0.970 bits per heavy atom. The molecule has 0 unspecified atom stereocenters. The molecule has 0 N–H and O–H groups in total. The molecule has 0 radical (unpaired) electrons. The first-order valence-electron chi connectivity index (χ1n) is 11.3. The maximum absolute atomic E-state index is 13.5. The average Bonchev–Trinajstić information content (AvgIpc) is 3.49. The molecular formula is C24H31N3O5S. The van der Waals surface area contributed by atoms with Gasteiger partial charge < -0.3 is 14.2 Å². The lowest BCUT2D eigenvalue weighted by atomic mass is 10.0. The zero-order valence-electron chi connectivity index (χ0n) is 19.6. The van der Waals surface area contributed by atoms with Crippen LogP contribution >= 0.6 is 0 Å². The topological polar surface area (TPSA) is 91.1 Å². The van der Waals surface area contributed by atoms with Gasteiger partial charge in [-0.2, -0.15) is 4.31 Å². The normalized spacial score (nSPS) is 19.8. The van der Waals surface area contributed by atoms with Crippen LogP contribution in [0.3, 0.4) is 0 Å². The van der Waals surface area contributed by atoms with Gasteiger partial charge in [-0.15, -0.1) is 0 Å². The Hall–Kier alpha value is -2.65. The summed E-state index contributed by atoms with van der Waals surface area (Å²) >= 11 is 0. The second-order valence-corrected chi connectivity index (χ2v) is 10.8. The predicted octanol–water partition coefficient (Wildman–Crippen LogP) is 2.65. The van der Waals surface area contributed by atoms with Gasteiger partial charge >= 0.3 is 0 Å². The van der Waals surface area contributed by atoms with E-state index >= 15 is 0 Å². The molecule has 1 atom stereocenters. The van der Waals surface area contributed by atoms with E-state index < -0.39 is 16.1 Å². The zero-order valence-corrected chi connectivity index (χ0v) is 20.4. The minimum Gasteiger partial charge on any atom is -0.459 e. The minimum atomic E-state index is -3.67. The summed E-state index contributed by atoms with van der Waals surface area (Å²) < 4.78 is 33.7. The van der Waals surface area contributed by atoms with E-state index in [1.54, 1.807) is 21.9 Å². The first-order valence-corrected chi connectivity index (χ1v) is 12.8. The molecule has 9 heteroatoms. The SMILES string of the molecule is Cc1cc(C)c(C)c(S(=O)(=O)N2CCN(C(=O)[C@@H]3CCCN3C(=O)c3ccco3)CC2)c1C. The second-order valence-electron chi connectivity index (χ2n) is 8.95. The standard InChI is InChI=1S/C24H31N3O5S/c1-16-15-17(2)19(4)22(18(16)3)33(30,31)26-12-10-25(11-13-26)23(28)20-7-5-9-27(20)24(29)21-8-6-14-32-21/h6,8,14-15,20H,5,7,9-13H2,1-4H3/t20-/m0/s1. The van der Waals surface area contributed by atoms with Crippen LogP contribution in [-0.2, 0) is 14.8 Å². The molecule has 3 heterocycles. The predicted molar refractivity (Wildman–Crippen MR) is 123 cm³/mol. The van der Waals surface area contributed by atoms with Crippen molar-refractivity contribution in [2.75, 3.05) is 32.7 Å². The average molecular weight is 474 g/mol. The van der Waals surface area contributed by atoms with Crippen molar-refractivity contribution < 1.29 is 22.4 Å². The van der Waals surface area contributed by atoms with E-state index in [0.717, 1.165) is 28.7 Å². The van der Waals surface area contributed by atoms with E-state index in [1.807, 2.05) is 33.8 Å². The van der Waals surface area contributed by atoms with Crippen molar-refractivity contribution in [1.29, 1.82) is 0 Å². The van der Waals surface area contributed by atoms with Crippen molar-refractivity contribution >= 4 is 21.8 Å². The van der Waals surface area contributed by atoms with Crippen LogP contribution in [0.25, 0.3) is 0 Å². The Morgan fingerprint density at radius 3 is 2.18 bits per heavy atom. The van der Waals surface area contributed by atoms with Crippen LogP contribution in [0.2, 0.25) is 0 Å². The van der Waals surface area contributed by atoms with Crippen molar-refractivity contribution in [3.63, 3.8) is 0 Å². The van der Waals surface area contributed by atoms with Crippen LogP contribution < -0.4 is 0 Å². The molecule has 33 heavy (non-hydrogen) atoms. The quantitative estimate of drug-likeness (QED) is 0.681. The lowest BCUT2D eigenvalue weighted by Gasteiger charge is -2.37. The Morgan fingerprint density at radius 2 is 1.61 bits per heavy atom. The summed E-state index contributed by atoms with van der Waals surface area (Å²) in [6, 6.07) is 4.73. The van der Waals surface area contributed by atoms with Crippen molar-refractivity contribution in [2.24, 2.45) is 0 Å². The van der Waals surface area contributed by atoms with Crippen molar-refractivity contribution in [1.82, 2.24) is 14.1 Å². The Kier molecular flexibility index (Phi) is 6.37. The molecule has 2 aromatic rings. The fourth-order valence-electron chi connectivity index (χ4n) is 4.86. The molecular weight excluding hydrogens is 442 g/mol. The van der Waals surface area contributed by atoms with Gasteiger partial charge in [-0.1, -0.05) is 6.07 Å². The lowest BCUT2D eigenvalue weighted by molar-refractivity contribution is -0.136. The fraction of sp³-hybridized carbons (Fsp3) is 0.500. The number of furan rings is 1. The van der Waals surface area contributed by atoms with Crippen molar-refractivity contribution in [2.45, 2.75) is 51.5 Å². The third-order valence-corrected chi connectivity index (χ3v) is 9.15. The summed E-state index contributed by atoms with van der Waals surface area (Å²) in [4.78, 5) is 29.6. The molecule has 2 aliphatic heterocycles. The number of carbonyl (C=O) groups excluding carboxylic acids is 2. The van der Waals surface area contributed by atoms with Crippen LogP contribution in [-0.4, -0.2) is 73.1 Å². The van der Waals surface area contributed by atoms with E-state index in [4.69, 9.17) is 4.42 Å². The molecule has 2 amide bonds. The molecule has 0 bridgehead atoms. The summed E-state index contributed by atoms with van der Waals surface area (Å²) in [5.41, 5.74) is 3.45. The summed E-state index contributed by atoms with van der Waals surface area (Å²) in [6.07, 6.45) is 2.80. The molecule has 2 fully saturated rings. The molecule has 0 spiro atoms. The van der Waals surface area contributed by atoms with Gasteiger partial charge in [-0.05, 0) is 74.9 Å². The largest absolute Gasteiger partial charge is 0.459 e. The van der Waals surface area contributed by atoms with E-state index in [0.29, 0.717) is 31.0 Å². The number of hydrogen-bond donors (Lipinski definition) is 0. The molecule has 4 rings (SSSR count). The number of likely N-dealkylation sites (tertiary alicyclic amines) is 1. The Bertz CT molecular complexity index is 1140. The molecule has 178 valence electrons. The zero-order chi connectivity index (χ0) is 23.9. The number of aryl methyl sites for hydroxylation is 2. The molecule has 1 aromatic heterocycles. The van der Waals surface area contributed by atoms with Gasteiger partial charge in [0.1, 0.15) is 6.04 Å². The highest BCUT2D eigenvalue weighted by Gasteiger charge is 2.40. The molecule has 0 saturated carbocycles. The monoisotopic (exact) mass is 473 g/mol. The van der Waals surface area contributed by atoms with Crippen LogP contribution in [0.5, 0.6) is 0 Å². The van der Waals surface area contributed by atoms with E-state index in [-0.39, 0.29) is 30.7 Å². The summed E-state index contributed by atoms with van der Waals surface area (Å²) in [6.45, 7) is 9.13. The number of carbonyl (C=O) groups is 2. The first-order chi connectivity index (χ1) is 15.6. The van der Waals surface area contributed by atoms with Gasteiger partial charge in [0.25, 0.3) is 5.91 Å². The first kappa shape index (κ1) is 23.5. The van der Waals surface area contributed by atoms with Crippen LogP contribution in [0.4, 0.5) is 0 Å². The van der Waals surface area contributed by atoms with Gasteiger partial charge in [0.05, 0.1) is 11.2 Å². The minimum absolute atomic E-state index is 0.122. The number of hydrogen-bond acceptors (Lipinski definition) is 5. The summed E-state index contributed by atoms with van der Waals surface area (Å²) in [5, 5.41) is 0. The van der Waals surface area contributed by atoms with Crippen LogP contribution in [0.15, 0.2) is 33.8 Å². The highest BCUT2D eigenvalue weighted by molar-refractivity contribution is 7.89. The van der Waals surface area contributed by atoms with Crippen LogP contribution in [0, 0.1) is 27.7 Å². The van der Waals surface area contributed by atoms with Gasteiger partial charge in [0.2, 0.25) is 15.9 Å². The number of rotatable bonds is 4. The molecule has 0 aliphatic carbocycles. The van der Waals surface area contributed by atoms with Gasteiger partial charge in [-0.3, -0.25) is 9.59 Å². The highest BCUT2D eigenvalue weighted by Crippen LogP contribution is 2.30. The Labute approximate surface area is 195 Å². The summed E-state index contributed by atoms with van der Waals surface area (Å²) in [7, 11) is -3.67. The lowest BCUT2D eigenvalue weighted by Crippen LogP contribution is -2.55. The second kappa shape index (κ2) is 8.95. The van der Waals surface area contributed by atoms with Gasteiger partial charge in [-0.25, -0.2) is 8.42 Å². The highest BCUT2D eigenvalue weighted by atomic mass is 32.2. The number of piperazine rings is 1. The molecule has 2 saturated heterocycles. The smallest absolute Gasteiger partial charge is 0.290 e. The van der Waals surface area contributed by atoms with E-state index in [2.05, 4.69) is 0 Å². The third kappa shape index (κ3) is 4.19. The number of nitrogens with zero attached hydrogens (tertiary/aromatic N) is 3. The maximum atomic E-state index is 13.5. The number of amides is 2. The van der Waals surface area contributed by atoms with Gasteiger partial charge in [0, 0.05) is 32.7 Å². The molecule has 8 nitrogen and oxygen atoms in total. The van der Waals surface area contributed by atoms with Crippen molar-refractivity contribution in [3.05, 3.63) is 52.5 Å². The molecule has 2 aliphatic rings. The maximum Gasteiger partial charge on any atom is 0.290 e. The summed E-state index contributed by atoms with van der Waals surface area (Å²) in [5.74, 6) is -0.175. The number of sulfonamides is 1. The van der Waals surface area contributed by atoms with E-state index in [9.17, 15) is 18.0 Å². The Balaban J connectivity index is 1.47. The van der Waals surface area contributed by atoms with Crippen LogP contribution in [0.1, 0.15) is 45.7 Å². The fourth-order valence-corrected chi connectivity index (χ4v) is 6.86. The van der Waals surface area contributed by atoms with Gasteiger partial charge in [0.15, 0.2) is 5.76 Å². The van der Waals surface area contributed by atoms with Crippen molar-refractivity contribution in [3.8, 4) is 0 Å². The molecule has 1 aromatic carbocycles. The van der Waals surface area contributed by atoms with E-state index in [1.165, 1.54) is 10.6 Å².